The molecule has 0 aliphatic carbocycles. The summed E-state index contributed by atoms with van der Waals surface area (Å²) in [5.41, 5.74) is 2.11. The summed E-state index contributed by atoms with van der Waals surface area (Å²) in [6, 6.07) is 17.4. The second-order valence-electron chi connectivity index (χ2n) is 6.87. The van der Waals surface area contributed by atoms with Gasteiger partial charge in [0.05, 0.1) is 12.0 Å². The molecule has 3 rings (SSSR count). The van der Waals surface area contributed by atoms with Crippen LogP contribution < -0.4 is 9.46 Å². The molecule has 6 nitrogen and oxygen atoms in total. The number of hydrogen-bond acceptors (Lipinski definition) is 5. The Morgan fingerprint density at radius 2 is 1.58 bits per heavy atom. The van der Waals surface area contributed by atoms with Crippen LogP contribution in [0.2, 0.25) is 0 Å². The molecule has 0 aliphatic rings. The van der Waals surface area contributed by atoms with Gasteiger partial charge in [-0.05, 0) is 54.4 Å². The number of halogens is 1. The molecule has 0 saturated carbocycles. The second-order valence-corrected chi connectivity index (χ2v) is 8.59. The van der Waals surface area contributed by atoms with Crippen LogP contribution in [0.25, 0.3) is 0 Å². The quantitative estimate of drug-likeness (QED) is 0.534. The Labute approximate surface area is 180 Å². The largest absolute Gasteiger partial charge is 0.489 e. The molecule has 1 atom stereocenters. The van der Waals surface area contributed by atoms with Crippen molar-refractivity contribution in [2.75, 3.05) is 7.11 Å². The molecule has 3 aromatic carbocycles. The van der Waals surface area contributed by atoms with Gasteiger partial charge < -0.3 is 9.47 Å². The number of hydrogen-bond donors (Lipinski definition) is 1. The van der Waals surface area contributed by atoms with Crippen molar-refractivity contribution < 1.29 is 27.1 Å². The Hall–Kier alpha value is -3.23. The van der Waals surface area contributed by atoms with Gasteiger partial charge in [-0.3, -0.25) is 0 Å². The molecule has 1 N–H and O–H groups in total. The van der Waals surface area contributed by atoms with Crippen LogP contribution in [0.3, 0.4) is 0 Å². The van der Waals surface area contributed by atoms with Crippen LogP contribution in [0, 0.1) is 12.7 Å². The average molecular weight is 443 g/mol. The van der Waals surface area contributed by atoms with Gasteiger partial charge in [0, 0.05) is 0 Å². The Bertz CT molecular complexity index is 1130. The van der Waals surface area contributed by atoms with E-state index in [0.717, 1.165) is 11.1 Å². The minimum absolute atomic E-state index is 0.0475. The Balaban J connectivity index is 1.75. The zero-order valence-electron chi connectivity index (χ0n) is 17.0. The maximum Gasteiger partial charge on any atom is 0.328 e. The number of carbonyl (C=O) groups is 1. The first-order chi connectivity index (χ1) is 14.8. The molecule has 0 aromatic heterocycles. The highest BCUT2D eigenvalue weighted by molar-refractivity contribution is 7.89. The van der Waals surface area contributed by atoms with Gasteiger partial charge in [-0.25, -0.2) is 17.6 Å². The summed E-state index contributed by atoms with van der Waals surface area (Å²) in [5.74, 6) is -0.552. The van der Waals surface area contributed by atoms with Gasteiger partial charge in [-0.2, -0.15) is 4.72 Å². The van der Waals surface area contributed by atoms with Gasteiger partial charge in [-0.1, -0.05) is 42.0 Å². The summed E-state index contributed by atoms with van der Waals surface area (Å²) in [6.07, 6.45) is 0. The molecule has 0 saturated heterocycles. The average Bonchev–Trinajstić information content (AvgIpc) is 2.77. The van der Waals surface area contributed by atoms with Gasteiger partial charge >= 0.3 is 5.97 Å². The topological polar surface area (TPSA) is 81.7 Å². The van der Waals surface area contributed by atoms with Crippen molar-refractivity contribution in [3.63, 3.8) is 0 Å². The van der Waals surface area contributed by atoms with Crippen LogP contribution >= 0.6 is 0 Å². The van der Waals surface area contributed by atoms with Crippen LogP contribution in [0.4, 0.5) is 4.39 Å². The lowest BCUT2D eigenvalue weighted by molar-refractivity contribution is -0.142. The van der Waals surface area contributed by atoms with Crippen LogP contribution in [0.1, 0.15) is 22.7 Å². The number of esters is 1. The molecule has 0 radical (unpaired) electrons. The van der Waals surface area contributed by atoms with E-state index in [2.05, 4.69) is 4.72 Å². The number of sulfonamides is 1. The van der Waals surface area contributed by atoms with Crippen molar-refractivity contribution in [3.8, 4) is 5.75 Å². The van der Waals surface area contributed by atoms with Gasteiger partial charge in [0.25, 0.3) is 0 Å². The molecule has 0 amide bonds. The third-order valence-electron chi connectivity index (χ3n) is 4.57. The summed E-state index contributed by atoms with van der Waals surface area (Å²) in [5, 5.41) is 0. The van der Waals surface area contributed by atoms with Gasteiger partial charge in [0.2, 0.25) is 10.0 Å². The van der Waals surface area contributed by atoms with E-state index in [1.165, 1.54) is 31.4 Å². The molecule has 0 heterocycles. The van der Waals surface area contributed by atoms with E-state index in [0.29, 0.717) is 11.3 Å². The third-order valence-corrected chi connectivity index (χ3v) is 6.01. The number of carbonyl (C=O) groups excluding carboxylic acids is 1. The van der Waals surface area contributed by atoms with Crippen LogP contribution in [0.5, 0.6) is 5.75 Å². The zero-order chi connectivity index (χ0) is 22.4. The predicted molar refractivity (Wildman–Crippen MR) is 113 cm³/mol. The summed E-state index contributed by atoms with van der Waals surface area (Å²) in [6.45, 7) is 2.08. The smallest absolute Gasteiger partial charge is 0.328 e. The summed E-state index contributed by atoms with van der Waals surface area (Å²) >= 11 is 0. The Kier molecular flexibility index (Phi) is 7.04. The van der Waals surface area contributed by atoms with Crippen molar-refractivity contribution >= 4 is 16.0 Å². The van der Waals surface area contributed by atoms with Crippen LogP contribution in [-0.4, -0.2) is 21.5 Å². The first kappa shape index (κ1) is 22.5. The maximum absolute atomic E-state index is 13.0. The first-order valence-electron chi connectivity index (χ1n) is 9.42. The standard InChI is InChI=1S/C23H22FNO5S/c1-16-3-13-21(14-4-16)31(27,28)25-22(23(26)29-2)18-7-11-20(12-8-18)30-15-17-5-9-19(24)10-6-17/h3-14,22,25H,15H2,1-2H3/t22-/m1/s1. The normalized spacial score (nSPS) is 12.2. The summed E-state index contributed by atoms with van der Waals surface area (Å²) < 4.78 is 51.3. The number of nitrogens with one attached hydrogen (secondary N) is 1. The monoisotopic (exact) mass is 443 g/mol. The third kappa shape index (κ3) is 5.90. The lowest BCUT2D eigenvalue weighted by Crippen LogP contribution is -2.34. The van der Waals surface area contributed by atoms with Crippen molar-refractivity contribution in [1.29, 1.82) is 0 Å². The number of rotatable bonds is 8. The minimum atomic E-state index is -3.95. The maximum atomic E-state index is 13.0. The molecule has 0 bridgehead atoms. The van der Waals surface area contributed by atoms with E-state index in [-0.39, 0.29) is 17.3 Å². The van der Waals surface area contributed by atoms with Crippen LogP contribution in [0.15, 0.2) is 77.7 Å². The molecule has 0 fully saturated rings. The summed E-state index contributed by atoms with van der Waals surface area (Å²) in [4.78, 5) is 12.3. The van der Waals surface area contributed by atoms with Gasteiger partial charge in [0.15, 0.2) is 0 Å². The minimum Gasteiger partial charge on any atom is -0.489 e. The van der Waals surface area contributed by atoms with E-state index < -0.39 is 22.0 Å². The van der Waals surface area contributed by atoms with E-state index >= 15 is 0 Å². The second kappa shape index (κ2) is 9.72. The van der Waals surface area contributed by atoms with Crippen molar-refractivity contribution in [3.05, 3.63) is 95.3 Å². The molecule has 3 aromatic rings. The van der Waals surface area contributed by atoms with Crippen molar-refractivity contribution in [2.45, 2.75) is 24.5 Å². The zero-order valence-corrected chi connectivity index (χ0v) is 17.9. The molecule has 31 heavy (non-hydrogen) atoms. The molecule has 0 spiro atoms. The highest BCUT2D eigenvalue weighted by Gasteiger charge is 2.28. The van der Waals surface area contributed by atoms with E-state index in [1.807, 2.05) is 6.92 Å². The molecule has 162 valence electrons. The molecule has 0 aliphatic heterocycles. The fourth-order valence-corrected chi connectivity index (χ4v) is 3.99. The lowest BCUT2D eigenvalue weighted by Gasteiger charge is -2.17. The van der Waals surface area contributed by atoms with Crippen molar-refractivity contribution in [2.24, 2.45) is 0 Å². The fraction of sp³-hybridized carbons (Fsp3) is 0.174. The van der Waals surface area contributed by atoms with E-state index in [9.17, 15) is 17.6 Å². The number of benzene rings is 3. The highest BCUT2D eigenvalue weighted by Crippen LogP contribution is 2.22. The number of ether oxygens (including phenoxy) is 2. The fourth-order valence-electron chi connectivity index (χ4n) is 2.81. The molecular weight excluding hydrogens is 421 g/mol. The SMILES string of the molecule is COC(=O)[C@H](NS(=O)(=O)c1ccc(C)cc1)c1ccc(OCc2ccc(F)cc2)cc1. The molecule has 8 heteroatoms. The molecular formula is C23H22FNO5S. The van der Waals surface area contributed by atoms with E-state index in [1.54, 1.807) is 48.5 Å². The van der Waals surface area contributed by atoms with Gasteiger partial charge in [0.1, 0.15) is 24.2 Å². The molecule has 0 unspecified atom stereocenters. The van der Waals surface area contributed by atoms with Crippen molar-refractivity contribution in [1.82, 2.24) is 4.72 Å². The highest BCUT2D eigenvalue weighted by atomic mass is 32.2. The summed E-state index contributed by atoms with van der Waals surface area (Å²) in [7, 11) is -2.76. The lowest BCUT2D eigenvalue weighted by atomic mass is 10.1. The van der Waals surface area contributed by atoms with Crippen LogP contribution in [-0.2, 0) is 26.2 Å². The number of methoxy groups -OCH3 is 1. The Morgan fingerprint density at radius 1 is 0.968 bits per heavy atom. The Morgan fingerprint density at radius 3 is 2.16 bits per heavy atom. The van der Waals surface area contributed by atoms with E-state index in [4.69, 9.17) is 9.47 Å². The van der Waals surface area contributed by atoms with Gasteiger partial charge in [-0.15, -0.1) is 0 Å². The number of aryl methyl sites for hydroxylation is 1. The predicted octanol–water partition coefficient (Wildman–Crippen LogP) is 3.91. The first-order valence-corrected chi connectivity index (χ1v) is 10.9.